The van der Waals surface area contributed by atoms with Crippen LogP contribution in [0.3, 0.4) is 0 Å². The maximum absolute atomic E-state index is 13.3. The molecule has 140 valence electrons. The molecule has 7 heteroatoms. The Kier molecular flexibility index (Phi) is 5.12. The molecule has 0 spiro atoms. The van der Waals surface area contributed by atoms with Crippen molar-refractivity contribution in [3.8, 4) is 5.75 Å². The summed E-state index contributed by atoms with van der Waals surface area (Å²) in [5.41, 5.74) is -0.128. The number of hydrogen-bond acceptors (Lipinski definition) is 2. The van der Waals surface area contributed by atoms with Crippen LogP contribution in [0.4, 0.5) is 27.6 Å². The van der Waals surface area contributed by atoms with E-state index in [0.717, 1.165) is 12.1 Å². The third-order valence-electron chi connectivity index (χ3n) is 3.81. The summed E-state index contributed by atoms with van der Waals surface area (Å²) in [6.45, 7) is 5.80. The van der Waals surface area contributed by atoms with E-state index in [4.69, 9.17) is 0 Å². The molecule has 0 bridgehead atoms. The smallest absolute Gasteiger partial charge is 0.458 e. The van der Waals surface area contributed by atoms with Gasteiger partial charge in [-0.2, -0.15) is 22.0 Å². The molecule has 0 saturated heterocycles. The molecule has 0 amide bonds. The number of aliphatic imine (C=N–C) groups is 1. The molecule has 0 saturated carbocycles. The third-order valence-corrected chi connectivity index (χ3v) is 3.81. The zero-order valence-corrected chi connectivity index (χ0v) is 14.4. The standard InChI is InChI=1S/C19H18F5NO/c1-17(2,3)15-6-4-5-12(16(15)26)11-25-14-9-7-13(8-10-14)18(20,21)19(22,23)24/h4-11,26H,1-3H3. The van der Waals surface area contributed by atoms with Gasteiger partial charge < -0.3 is 5.11 Å². The third kappa shape index (κ3) is 4.03. The quantitative estimate of drug-likeness (QED) is 0.514. The minimum Gasteiger partial charge on any atom is -0.507 e. The maximum Gasteiger partial charge on any atom is 0.458 e. The number of phenols is 1. The fourth-order valence-corrected chi connectivity index (χ4v) is 2.34. The first-order valence-electron chi connectivity index (χ1n) is 7.75. The van der Waals surface area contributed by atoms with Gasteiger partial charge in [0, 0.05) is 17.3 Å². The summed E-state index contributed by atoms with van der Waals surface area (Å²) in [7, 11) is 0. The minimum absolute atomic E-state index is 0.0453. The summed E-state index contributed by atoms with van der Waals surface area (Å²) in [5.74, 6) is -4.88. The zero-order valence-electron chi connectivity index (χ0n) is 14.4. The second kappa shape index (κ2) is 6.70. The molecule has 0 aliphatic heterocycles. The number of phenolic OH excluding ortho intramolecular Hbond substituents is 1. The van der Waals surface area contributed by atoms with Crippen LogP contribution in [0.1, 0.15) is 37.5 Å². The Bertz CT molecular complexity index is 802. The Balaban J connectivity index is 2.28. The predicted molar refractivity (Wildman–Crippen MR) is 90.5 cm³/mol. The Morgan fingerprint density at radius 3 is 1.96 bits per heavy atom. The average Bonchev–Trinajstić information content (AvgIpc) is 2.52. The molecule has 2 nitrogen and oxygen atoms in total. The van der Waals surface area contributed by atoms with Gasteiger partial charge in [0.1, 0.15) is 5.75 Å². The molecule has 0 atom stereocenters. The van der Waals surface area contributed by atoms with Crippen LogP contribution in [-0.4, -0.2) is 17.5 Å². The molecule has 2 aromatic carbocycles. The summed E-state index contributed by atoms with van der Waals surface area (Å²) in [5, 5.41) is 10.3. The van der Waals surface area contributed by atoms with Crippen LogP contribution in [0, 0.1) is 0 Å². The van der Waals surface area contributed by atoms with Gasteiger partial charge in [-0.25, -0.2) is 0 Å². The van der Waals surface area contributed by atoms with E-state index < -0.39 is 17.7 Å². The van der Waals surface area contributed by atoms with Gasteiger partial charge in [0.25, 0.3) is 0 Å². The minimum atomic E-state index is -5.66. The summed E-state index contributed by atoms with van der Waals surface area (Å²) in [4.78, 5) is 4.03. The highest BCUT2D eigenvalue weighted by atomic mass is 19.4. The van der Waals surface area contributed by atoms with E-state index >= 15 is 0 Å². The van der Waals surface area contributed by atoms with E-state index in [1.54, 1.807) is 18.2 Å². The van der Waals surface area contributed by atoms with Gasteiger partial charge in [-0.3, -0.25) is 4.99 Å². The van der Waals surface area contributed by atoms with E-state index in [9.17, 15) is 27.1 Å². The van der Waals surface area contributed by atoms with Crippen LogP contribution in [-0.2, 0) is 11.3 Å². The summed E-state index contributed by atoms with van der Waals surface area (Å²) < 4.78 is 63.6. The van der Waals surface area contributed by atoms with Crippen LogP contribution in [0.15, 0.2) is 47.5 Å². The van der Waals surface area contributed by atoms with E-state index in [0.29, 0.717) is 23.3 Å². The number of rotatable bonds is 3. The predicted octanol–water partition coefficient (Wildman–Crippen LogP) is 6.09. The summed E-state index contributed by atoms with van der Waals surface area (Å²) in [6.07, 6.45) is -4.32. The van der Waals surface area contributed by atoms with E-state index in [2.05, 4.69) is 4.99 Å². The van der Waals surface area contributed by atoms with Crippen LogP contribution in [0.2, 0.25) is 0 Å². The van der Waals surface area contributed by atoms with Gasteiger partial charge in [-0.15, -0.1) is 0 Å². The Labute approximate surface area is 148 Å². The van der Waals surface area contributed by atoms with Crippen LogP contribution in [0.5, 0.6) is 5.75 Å². The number of nitrogens with zero attached hydrogens (tertiary/aromatic N) is 1. The van der Waals surface area contributed by atoms with Crippen LogP contribution in [0.25, 0.3) is 0 Å². The van der Waals surface area contributed by atoms with Crippen molar-refractivity contribution in [2.45, 2.75) is 38.3 Å². The van der Waals surface area contributed by atoms with Crippen molar-refractivity contribution in [2.24, 2.45) is 4.99 Å². The van der Waals surface area contributed by atoms with Gasteiger partial charge in [-0.05, 0) is 29.2 Å². The van der Waals surface area contributed by atoms with Crippen molar-refractivity contribution in [3.63, 3.8) is 0 Å². The first-order valence-corrected chi connectivity index (χ1v) is 7.75. The molecule has 2 rings (SSSR count). The molecule has 2 aromatic rings. The van der Waals surface area contributed by atoms with E-state index in [1.807, 2.05) is 20.8 Å². The Morgan fingerprint density at radius 2 is 1.46 bits per heavy atom. The number of para-hydroxylation sites is 1. The molecule has 1 N–H and O–H groups in total. The van der Waals surface area contributed by atoms with Crippen molar-refractivity contribution in [1.29, 1.82) is 0 Å². The highest BCUT2D eigenvalue weighted by molar-refractivity contribution is 5.86. The molecule has 0 heterocycles. The van der Waals surface area contributed by atoms with Crippen molar-refractivity contribution in [2.75, 3.05) is 0 Å². The summed E-state index contributed by atoms with van der Waals surface area (Å²) >= 11 is 0. The molecule has 0 fully saturated rings. The number of hydrogen-bond donors (Lipinski definition) is 1. The van der Waals surface area contributed by atoms with E-state index in [1.165, 1.54) is 6.21 Å². The highest BCUT2D eigenvalue weighted by Crippen LogP contribution is 2.44. The fraction of sp³-hybridized carbons (Fsp3) is 0.316. The van der Waals surface area contributed by atoms with Gasteiger partial charge >= 0.3 is 12.1 Å². The maximum atomic E-state index is 13.3. The Morgan fingerprint density at radius 1 is 0.885 bits per heavy atom. The average molecular weight is 371 g/mol. The van der Waals surface area contributed by atoms with Gasteiger partial charge in [0.15, 0.2) is 0 Å². The first kappa shape index (κ1) is 19.9. The molecule has 0 aromatic heterocycles. The largest absolute Gasteiger partial charge is 0.507 e. The molecule has 0 aliphatic carbocycles. The molecule has 26 heavy (non-hydrogen) atoms. The molecular formula is C19H18F5NO. The zero-order chi connectivity index (χ0) is 19.8. The number of benzene rings is 2. The number of aromatic hydroxyl groups is 1. The lowest BCUT2D eigenvalue weighted by Crippen LogP contribution is -2.33. The lowest BCUT2D eigenvalue weighted by Gasteiger charge is -2.21. The second-order valence-corrected chi connectivity index (χ2v) is 6.87. The lowest BCUT2D eigenvalue weighted by atomic mass is 9.85. The van der Waals surface area contributed by atoms with Crippen molar-refractivity contribution in [3.05, 3.63) is 59.2 Å². The second-order valence-electron chi connectivity index (χ2n) is 6.87. The molecule has 0 radical (unpaired) electrons. The summed E-state index contributed by atoms with van der Waals surface area (Å²) in [6, 6.07) is 8.65. The molecule has 0 aliphatic rings. The highest BCUT2D eigenvalue weighted by Gasteiger charge is 2.58. The number of halogens is 5. The fourth-order valence-electron chi connectivity index (χ4n) is 2.34. The van der Waals surface area contributed by atoms with Crippen molar-refractivity contribution < 1.29 is 27.1 Å². The monoisotopic (exact) mass is 371 g/mol. The SMILES string of the molecule is CC(C)(C)c1cccc(C=Nc2ccc(C(F)(F)C(F)(F)F)cc2)c1O. The lowest BCUT2D eigenvalue weighted by molar-refractivity contribution is -0.289. The normalized spacial score (nSPS) is 13.4. The van der Waals surface area contributed by atoms with Crippen LogP contribution >= 0.6 is 0 Å². The topological polar surface area (TPSA) is 32.6 Å². The van der Waals surface area contributed by atoms with Gasteiger partial charge in [0.05, 0.1) is 5.69 Å². The Hall–Kier alpha value is -2.44. The van der Waals surface area contributed by atoms with Gasteiger partial charge in [0.2, 0.25) is 0 Å². The van der Waals surface area contributed by atoms with Crippen molar-refractivity contribution in [1.82, 2.24) is 0 Å². The van der Waals surface area contributed by atoms with E-state index in [-0.39, 0.29) is 16.9 Å². The first-order chi connectivity index (χ1) is 11.8. The number of alkyl halides is 5. The van der Waals surface area contributed by atoms with Gasteiger partial charge in [-0.1, -0.05) is 45.0 Å². The van der Waals surface area contributed by atoms with Crippen LogP contribution < -0.4 is 0 Å². The van der Waals surface area contributed by atoms with Crippen molar-refractivity contribution >= 4 is 11.9 Å². The molecule has 0 unspecified atom stereocenters. The molecular weight excluding hydrogens is 353 g/mol.